The van der Waals surface area contributed by atoms with Gasteiger partial charge in [-0.25, -0.2) is 0 Å². The molecule has 0 aliphatic rings. The average molecular weight is 413 g/mol. The highest BCUT2D eigenvalue weighted by atomic mass is 16.5. The smallest absolute Gasteiger partial charge is 0.193 e. The molecule has 5 heteroatoms. The van der Waals surface area contributed by atoms with Gasteiger partial charge in [0, 0.05) is 17.7 Å². The molecule has 5 nitrogen and oxygen atoms in total. The zero-order valence-corrected chi connectivity index (χ0v) is 17.7. The van der Waals surface area contributed by atoms with Crippen molar-refractivity contribution in [2.75, 3.05) is 19.8 Å². The van der Waals surface area contributed by atoms with Crippen molar-refractivity contribution in [3.8, 4) is 5.75 Å². The molecule has 2 rings (SSSR count). The van der Waals surface area contributed by atoms with Gasteiger partial charge in [-0.2, -0.15) is 0 Å². The molecular formula is C25H32O5. The fourth-order valence-electron chi connectivity index (χ4n) is 2.55. The Morgan fingerprint density at radius 1 is 1.00 bits per heavy atom. The number of aliphatic hydroxyl groups is 1. The maximum absolute atomic E-state index is 12.3. The Bertz CT molecular complexity index is 719. The standard InChI is InChI=1S/C22H28O4.C3H4O/c1-2-3-4-8-15-25-16-20(23)17-26-21-13-11-19(12-14-21)22(24)18-9-6-5-7-10-18;1-2-3-4/h5-7,9-14,20,23H,2-4,8,15-17H2,1H3;2-3H,1H2. The molecule has 1 N–H and O–H groups in total. The second-order valence-electron chi connectivity index (χ2n) is 6.69. The van der Waals surface area contributed by atoms with Crippen molar-refractivity contribution in [1.29, 1.82) is 0 Å². The first-order valence-electron chi connectivity index (χ1n) is 10.3. The summed E-state index contributed by atoms with van der Waals surface area (Å²) >= 11 is 0. The van der Waals surface area contributed by atoms with Crippen molar-refractivity contribution in [2.24, 2.45) is 0 Å². The Morgan fingerprint density at radius 2 is 1.63 bits per heavy atom. The summed E-state index contributed by atoms with van der Waals surface area (Å²) in [7, 11) is 0. The number of aldehydes is 1. The molecule has 30 heavy (non-hydrogen) atoms. The lowest BCUT2D eigenvalue weighted by Crippen LogP contribution is -2.23. The van der Waals surface area contributed by atoms with Gasteiger partial charge in [-0.1, -0.05) is 63.1 Å². The van der Waals surface area contributed by atoms with Crippen LogP contribution < -0.4 is 4.74 Å². The Morgan fingerprint density at radius 3 is 2.23 bits per heavy atom. The van der Waals surface area contributed by atoms with E-state index in [9.17, 15) is 9.90 Å². The summed E-state index contributed by atoms with van der Waals surface area (Å²) < 4.78 is 11.0. The number of hydrogen-bond acceptors (Lipinski definition) is 5. The molecule has 0 spiro atoms. The minimum Gasteiger partial charge on any atom is -0.491 e. The molecule has 0 aliphatic heterocycles. The van der Waals surface area contributed by atoms with Crippen LogP contribution in [-0.2, 0) is 9.53 Å². The Hall–Kier alpha value is -2.76. The van der Waals surface area contributed by atoms with E-state index in [0.29, 0.717) is 29.8 Å². The number of rotatable bonds is 13. The van der Waals surface area contributed by atoms with Crippen LogP contribution in [0, 0.1) is 0 Å². The molecule has 0 aromatic heterocycles. The number of ether oxygens (including phenoxy) is 2. The molecule has 0 heterocycles. The third-order valence-electron chi connectivity index (χ3n) is 4.14. The minimum atomic E-state index is -0.660. The lowest BCUT2D eigenvalue weighted by Gasteiger charge is -2.13. The first kappa shape index (κ1) is 25.3. The molecule has 0 saturated heterocycles. The normalized spacial score (nSPS) is 11.0. The van der Waals surface area contributed by atoms with Crippen LogP contribution in [0.3, 0.4) is 0 Å². The Kier molecular flexibility index (Phi) is 13.6. The number of carbonyl (C=O) groups excluding carboxylic acids is 2. The number of benzene rings is 2. The topological polar surface area (TPSA) is 72.8 Å². The first-order chi connectivity index (χ1) is 14.6. The number of unbranched alkanes of at least 4 members (excludes halogenated alkanes) is 3. The highest BCUT2D eigenvalue weighted by molar-refractivity contribution is 6.08. The summed E-state index contributed by atoms with van der Waals surface area (Å²) in [6, 6.07) is 16.1. The molecular weight excluding hydrogens is 380 g/mol. The number of carbonyl (C=O) groups is 2. The van der Waals surface area contributed by atoms with E-state index in [-0.39, 0.29) is 19.0 Å². The van der Waals surface area contributed by atoms with Crippen molar-refractivity contribution >= 4 is 12.1 Å². The Labute approximate surface area is 179 Å². The van der Waals surface area contributed by atoms with E-state index in [4.69, 9.17) is 14.3 Å². The summed E-state index contributed by atoms with van der Waals surface area (Å²) in [6.45, 7) is 6.40. The number of ketones is 1. The van der Waals surface area contributed by atoms with E-state index in [1.807, 2.05) is 18.2 Å². The van der Waals surface area contributed by atoms with Crippen LogP contribution in [0.25, 0.3) is 0 Å². The van der Waals surface area contributed by atoms with Crippen molar-refractivity contribution in [3.05, 3.63) is 78.4 Å². The van der Waals surface area contributed by atoms with Crippen LogP contribution in [0.4, 0.5) is 0 Å². The van der Waals surface area contributed by atoms with Gasteiger partial charge < -0.3 is 14.6 Å². The lowest BCUT2D eigenvalue weighted by molar-refractivity contribution is -0.104. The monoisotopic (exact) mass is 412 g/mol. The van der Waals surface area contributed by atoms with Crippen molar-refractivity contribution in [2.45, 2.75) is 38.7 Å². The zero-order chi connectivity index (χ0) is 22.0. The van der Waals surface area contributed by atoms with Crippen molar-refractivity contribution in [1.82, 2.24) is 0 Å². The molecule has 0 radical (unpaired) electrons. The van der Waals surface area contributed by atoms with Gasteiger partial charge in [-0.05, 0) is 36.8 Å². The van der Waals surface area contributed by atoms with Crippen LogP contribution in [-0.4, -0.2) is 43.1 Å². The molecule has 1 atom stereocenters. The quantitative estimate of drug-likeness (QED) is 0.225. The highest BCUT2D eigenvalue weighted by Crippen LogP contribution is 2.15. The predicted octanol–water partition coefficient (Wildman–Crippen LogP) is 4.63. The largest absolute Gasteiger partial charge is 0.491 e. The van der Waals surface area contributed by atoms with Gasteiger partial charge in [0.25, 0.3) is 0 Å². The maximum Gasteiger partial charge on any atom is 0.193 e. The molecule has 0 aliphatic carbocycles. The highest BCUT2D eigenvalue weighted by Gasteiger charge is 2.09. The molecule has 0 saturated carbocycles. The second kappa shape index (κ2) is 16.1. The molecule has 0 amide bonds. The van der Waals surface area contributed by atoms with Crippen molar-refractivity contribution in [3.63, 3.8) is 0 Å². The minimum absolute atomic E-state index is 0.0198. The van der Waals surface area contributed by atoms with Crippen LogP contribution in [0.5, 0.6) is 5.75 Å². The fraction of sp³-hybridized carbons (Fsp3) is 0.360. The molecule has 2 aromatic carbocycles. The fourth-order valence-corrected chi connectivity index (χ4v) is 2.55. The predicted molar refractivity (Wildman–Crippen MR) is 119 cm³/mol. The SMILES string of the molecule is C=CC=O.CCCCCCOCC(O)COc1ccc(C(=O)c2ccccc2)cc1. The summed E-state index contributed by atoms with van der Waals surface area (Å²) in [5.74, 6) is 0.602. The van der Waals surface area contributed by atoms with Crippen molar-refractivity contribution < 1.29 is 24.2 Å². The van der Waals surface area contributed by atoms with Crippen LogP contribution in [0.1, 0.15) is 48.5 Å². The molecule has 2 aromatic rings. The first-order valence-corrected chi connectivity index (χ1v) is 10.3. The number of hydrogen-bond donors (Lipinski definition) is 1. The lowest BCUT2D eigenvalue weighted by atomic mass is 10.0. The molecule has 0 fully saturated rings. The summed E-state index contributed by atoms with van der Waals surface area (Å²) in [6.07, 6.45) is 5.78. The van der Waals surface area contributed by atoms with Gasteiger partial charge in [-0.15, -0.1) is 0 Å². The third-order valence-corrected chi connectivity index (χ3v) is 4.14. The molecule has 1 unspecified atom stereocenters. The second-order valence-corrected chi connectivity index (χ2v) is 6.69. The summed E-state index contributed by atoms with van der Waals surface area (Å²) in [4.78, 5) is 21.4. The van der Waals surface area contributed by atoms with E-state index in [0.717, 1.165) is 12.8 Å². The van der Waals surface area contributed by atoms with E-state index < -0.39 is 6.10 Å². The Balaban J connectivity index is 0.00000103. The summed E-state index contributed by atoms with van der Waals surface area (Å²) in [5.41, 5.74) is 1.27. The van der Waals surface area contributed by atoms with Gasteiger partial charge in [0.05, 0.1) is 6.61 Å². The van der Waals surface area contributed by atoms with Gasteiger partial charge in [0.15, 0.2) is 5.78 Å². The van der Waals surface area contributed by atoms with E-state index >= 15 is 0 Å². The zero-order valence-electron chi connectivity index (χ0n) is 17.7. The maximum atomic E-state index is 12.3. The van der Waals surface area contributed by atoms with E-state index in [2.05, 4.69) is 13.5 Å². The number of aliphatic hydroxyl groups excluding tert-OH is 1. The van der Waals surface area contributed by atoms with Crippen LogP contribution in [0.2, 0.25) is 0 Å². The number of allylic oxidation sites excluding steroid dienone is 1. The third kappa shape index (κ3) is 10.7. The summed E-state index contributed by atoms with van der Waals surface area (Å²) in [5, 5.41) is 9.90. The van der Waals surface area contributed by atoms with Gasteiger partial charge >= 0.3 is 0 Å². The van der Waals surface area contributed by atoms with Gasteiger partial charge in [0.2, 0.25) is 0 Å². The van der Waals surface area contributed by atoms with Crippen LogP contribution in [0.15, 0.2) is 67.3 Å². The van der Waals surface area contributed by atoms with Gasteiger partial charge in [-0.3, -0.25) is 9.59 Å². The molecule has 162 valence electrons. The molecule has 0 bridgehead atoms. The van der Waals surface area contributed by atoms with E-state index in [1.54, 1.807) is 36.4 Å². The van der Waals surface area contributed by atoms with Gasteiger partial charge in [0.1, 0.15) is 24.7 Å². The average Bonchev–Trinajstić information content (AvgIpc) is 2.80. The van der Waals surface area contributed by atoms with E-state index in [1.165, 1.54) is 18.9 Å². The van der Waals surface area contributed by atoms with Crippen LogP contribution >= 0.6 is 0 Å².